The molecule has 0 bridgehead atoms. The third kappa shape index (κ3) is 5.80. The molecule has 1 atom stereocenters. The first-order valence-electron chi connectivity index (χ1n) is 11.9. The van der Waals surface area contributed by atoms with Crippen LogP contribution in [0.5, 0.6) is 5.75 Å². The topological polar surface area (TPSA) is 70.1 Å². The lowest BCUT2D eigenvalue weighted by molar-refractivity contribution is -0.140. The highest BCUT2D eigenvalue weighted by Crippen LogP contribution is 2.40. The van der Waals surface area contributed by atoms with Gasteiger partial charge in [-0.3, -0.25) is 9.59 Å². The minimum atomic E-state index is -0.712. The van der Waals surface area contributed by atoms with Crippen molar-refractivity contribution in [1.29, 1.82) is 0 Å². The maximum absolute atomic E-state index is 13.2. The largest absolute Gasteiger partial charge is 0.507 e. The lowest BCUT2D eigenvalue weighted by atomic mass is 9.95. The normalized spacial score (nSPS) is 17.6. The second kappa shape index (κ2) is 12.0. The van der Waals surface area contributed by atoms with Gasteiger partial charge in [0.1, 0.15) is 11.5 Å². The number of aliphatic hydroxyl groups excluding tert-OH is 1. The average molecular weight is 485 g/mol. The van der Waals surface area contributed by atoms with Gasteiger partial charge in [-0.05, 0) is 62.3 Å². The van der Waals surface area contributed by atoms with Gasteiger partial charge in [0.15, 0.2) is 0 Å². The van der Waals surface area contributed by atoms with Crippen LogP contribution < -0.4 is 4.74 Å². The quantitative estimate of drug-likeness (QED) is 0.267. The molecule has 2 aromatic rings. The van der Waals surface area contributed by atoms with Gasteiger partial charge in [-0.1, -0.05) is 56.6 Å². The summed E-state index contributed by atoms with van der Waals surface area (Å²) < 4.78 is 5.68. The maximum Gasteiger partial charge on any atom is 0.295 e. The Morgan fingerprint density at radius 3 is 2.50 bits per heavy atom. The number of nitrogens with zero attached hydrogens (tertiary/aromatic N) is 2. The molecule has 34 heavy (non-hydrogen) atoms. The van der Waals surface area contributed by atoms with Crippen molar-refractivity contribution in [3.8, 4) is 5.75 Å². The second-order valence-corrected chi connectivity index (χ2v) is 8.74. The summed E-state index contributed by atoms with van der Waals surface area (Å²) in [5.74, 6) is -0.912. The number of rotatable bonds is 11. The molecule has 1 unspecified atom stereocenters. The van der Waals surface area contributed by atoms with Gasteiger partial charge in [0.2, 0.25) is 0 Å². The first kappa shape index (κ1) is 25.8. The Hall–Kier alpha value is -2.83. The van der Waals surface area contributed by atoms with E-state index in [1.54, 1.807) is 47.4 Å². The number of Topliss-reactive ketones (excluding diaryl/α,β-unsaturated/α-hetero) is 1. The van der Waals surface area contributed by atoms with Gasteiger partial charge >= 0.3 is 0 Å². The van der Waals surface area contributed by atoms with Crippen molar-refractivity contribution in [2.45, 2.75) is 39.7 Å². The van der Waals surface area contributed by atoms with Crippen LogP contribution in [0.3, 0.4) is 0 Å². The van der Waals surface area contributed by atoms with Crippen LogP contribution >= 0.6 is 11.6 Å². The number of halogens is 1. The SMILES string of the molecule is CCCOc1cccc(/C(O)=C2\C(=O)C(=O)N(CCCN(CC)CC)C2c2cccc(Cl)c2)c1. The Kier molecular flexibility index (Phi) is 9.13. The van der Waals surface area contributed by atoms with E-state index in [-0.39, 0.29) is 11.3 Å². The summed E-state index contributed by atoms with van der Waals surface area (Å²) >= 11 is 6.25. The summed E-state index contributed by atoms with van der Waals surface area (Å²) in [4.78, 5) is 30.1. The van der Waals surface area contributed by atoms with E-state index in [9.17, 15) is 14.7 Å². The van der Waals surface area contributed by atoms with Gasteiger partial charge in [0.05, 0.1) is 18.2 Å². The van der Waals surface area contributed by atoms with Gasteiger partial charge < -0.3 is 19.6 Å². The molecule has 0 aliphatic carbocycles. The van der Waals surface area contributed by atoms with E-state index in [1.807, 2.05) is 13.0 Å². The van der Waals surface area contributed by atoms with Crippen LogP contribution in [0.4, 0.5) is 0 Å². The van der Waals surface area contributed by atoms with Crippen molar-refractivity contribution in [2.75, 3.05) is 32.8 Å². The standard InChI is InChI=1S/C27H33ClN2O4/c1-4-16-34-22-13-8-11-20(18-22)25(31)23-24(19-10-7-12-21(28)17-19)30(27(33)26(23)32)15-9-14-29(5-2)6-3/h7-8,10-13,17-18,24,31H,4-6,9,14-16H2,1-3H3/b25-23+. The highest BCUT2D eigenvalue weighted by molar-refractivity contribution is 6.46. The smallest absolute Gasteiger partial charge is 0.295 e. The van der Waals surface area contributed by atoms with E-state index >= 15 is 0 Å². The highest BCUT2D eigenvalue weighted by Gasteiger charge is 2.45. The van der Waals surface area contributed by atoms with Gasteiger partial charge in [0.25, 0.3) is 11.7 Å². The molecule has 1 N–H and O–H groups in total. The lowest BCUT2D eigenvalue weighted by Crippen LogP contribution is -2.33. The molecule has 1 heterocycles. The molecular weight excluding hydrogens is 452 g/mol. The molecule has 1 saturated heterocycles. The number of ketones is 1. The molecule has 0 aromatic heterocycles. The molecule has 0 radical (unpaired) electrons. The van der Waals surface area contributed by atoms with Crippen molar-refractivity contribution in [3.05, 3.63) is 70.3 Å². The van der Waals surface area contributed by atoms with E-state index in [2.05, 4.69) is 18.7 Å². The van der Waals surface area contributed by atoms with Gasteiger partial charge in [-0.15, -0.1) is 0 Å². The van der Waals surface area contributed by atoms with Crippen molar-refractivity contribution in [3.63, 3.8) is 0 Å². The van der Waals surface area contributed by atoms with Gasteiger partial charge in [-0.2, -0.15) is 0 Å². The number of carbonyl (C=O) groups excluding carboxylic acids is 2. The van der Waals surface area contributed by atoms with Crippen LogP contribution in [0, 0.1) is 0 Å². The summed E-state index contributed by atoms with van der Waals surface area (Å²) in [5, 5.41) is 11.8. The number of aliphatic hydroxyl groups is 1. The Bertz CT molecular complexity index is 1050. The minimum absolute atomic E-state index is 0.0720. The molecule has 1 aliphatic rings. The number of likely N-dealkylation sites (tertiary alicyclic amines) is 1. The predicted molar refractivity (Wildman–Crippen MR) is 135 cm³/mol. The number of ether oxygens (including phenoxy) is 1. The van der Waals surface area contributed by atoms with Crippen molar-refractivity contribution < 1.29 is 19.4 Å². The molecule has 1 aliphatic heterocycles. The number of hydrogen-bond acceptors (Lipinski definition) is 5. The fourth-order valence-electron chi connectivity index (χ4n) is 4.25. The molecular formula is C27H33ClN2O4. The van der Waals surface area contributed by atoms with E-state index in [1.165, 1.54) is 0 Å². The molecule has 7 heteroatoms. The molecule has 0 saturated carbocycles. The Morgan fingerprint density at radius 1 is 1.09 bits per heavy atom. The third-order valence-electron chi connectivity index (χ3n) is 6.05. The Labute approximate surface area is 206 Å². The molecule has 3 rings (SSSR count). The van der Waals surface area contributed by atoms with Crippen LogP contribution in [-0.2, 0) is 9.59 Å². The zero-order chi connectivity index (χ0) is 24.7. The summed E-state index contributed by atoms with van der Waals surface area (Å²) in [6.45, 7) is 9.80. The van der Waals surface area contributed by atoms with E-state index in [4.69, 9.17) is 16.3 Å². The first-order chi connectivity index (χ1) is 16.4. The van der Waals surface area contributed by atoms with Crippen LogP contribution in [0.1, 0.15) is 50.8 Å². The number of hydrogen-bond donors (Lipinski definition) is 1. The fourth-order valence-corrected chi connectivity index (χ4v) is 4.45. The molecule has 182 valence electrons. The predicted octanol–water partition coefficient (Wildman–Crippen LogP) is 5.28. The summed E-state index contributed by atoms with van der Waals surface area (Å²) in [6, 6.07) is 13.3. The fraction of sp³-hybridized carbons (Fsp3) is 0.407. The van der Waals surface area contributed by atoms with Crippen molar-refractivity contribution >= 4 is 29.1 Å². The molecule has 1 amide bonds. The van der Waals surface area contributed by atoms with E-state index in [0.717, 1.165) is 26.1 Å². The van der Waals surface area contributed by atoms with E-state index < -0.39 is 17.7 Å². The Balaban J connectivity index is 2.02. The average Bonchev–Trinajstić information content (AvgIpc) is 3.10. The number of carbonyl (C=O) groups is 2. The zero-order valence-corrected chi connectivity index (χ0v) is 20.8. The van der Waals surface area contributed by atoms with Crippen LogP contribution in [-0.4, -0.2) is 59.4 Å². The minimum Gasteiger partial charge on any atom is -0.507 e. The number of amides is 1. The number of benzene rings is 2. The molecule has 6 nitrogen and oxygen atoms in total. The van der Waals surface area contributed by atoms with Gasteiger partial charge in [0, 0.05) is 17.1 Å². The van der Waals surface area contributed by atoms with Crippen molar-refractivity contribution in [1.82, 2.24) is 9.80 Å². The Morgan fingerprint density at radius 2 is 1.82 bits per heavy atom. The molecule has 2 aromatic carbocycles. The maximum atomic E-state index is 13.2. The summed E-state index contributed by atoms with van der Waals surface area (Å²) in [5.41, 5.74) is 1.19. The second-order valence-electron chi connectivity index (χ2n) is 8.30. The monoisotopic (exact) mass is 484 g/mol. The van der Waals surface area contributed by atoms with Crippen LogP contribution in [0.2, 0.25) is 5.02 Å². The third-order valence-corrected chi connectivity index (χ3v) is 6.29. The molecule has 1 fully saturated rings. The summed E-state index contributed by atoms with van der Waals surface area (Å²) in [7, 11) is 0. The van der Waals surface area contributed by atoms with Crippen molar-refractivity contribution in [2.24, 2.45) is 0 Å². The van der Waals surface area contributed by atoms with Crippen LogP contribution in [0.25, 0.3) is 5.76 Å². The van der Waals surface area contributed by atoms with Gasteiger partial charge in [-0.25, -0.2) is 0 Å². The summed E-state index contributed by atoms with van der Waals surface area (Å²) in [6.07, 6.45) is 1.57. The zero-order valence-electron chi connectivity index (χ0n) is 20.1. The molecule has 0 spiro atoms. The lowest BCUT2D eigenvalue weighted by Gasteiger charge is -2.27. The first-order valence-corrected chi connectivity index (χ1v) is 12.3. The van der Waals surface area contributed by atoms with Crippen LogP contribution in [0.15, 0.2) is 54.1 Å². The van der Waals surface area contributed by atoms with E-state index in [0.29, 0.717) is 41.5 Å². The highest BCUT2D eigenvalue weighted by atomic mass is 35.5.